The normalized spacial score (nSPS) is 26.1. The molecule has 6 heteroatoms. The molecule has 2 aliphatic rings. The molecular formula is C14H25N3O3. The fraction of sp³-hybridized carbons (Fsp3) is 0.857. The molecule has 20 heavy (non-hydrogen) atoms. The molecule has 1 unspecified atom stereocenters. The lowest BCUT2D eigenvalue weighted by Gasteiger charge is -2.30. The maximum atomic E-state index is 11.9. The molecule has 2 amide bonds. The number of rotatable bonds is 4. The summed E-state index contributed by atoms with van der Waals surface area (Å²) in [7, 11) is 2.09. The minimum Gasteiger partial charge on any atom is -0.480 e. The Kier molecular flexibility index (Phi) is 4.86. The zero-order chi connectivity index (χ0) is 14.6. The maximum Gasteiger partial charge on any atom is 0.329 e. The van der Waals surface area contributed by atoms with Gasteiger partial charge in [-0.15, -0.1) is 0 Å². The van der Waals surface area contributed by atoms with E-state index in [0.717, 1.165) is 38.8 Å². The Hall–Kier alpha value is -1.30. The van der Waals surface area contributed by atoms with Crippen LogP contribution < -0.4 is 10.6 Å². The Morgan fingerprint density at radius 1 is 1.30 bits per heavy atom. The zero-order valence-corrected chi connectivity index (χ0v) is 12.2. The van der Waals surface area contributed by atoms with E-state index in [1.165, 1.54) is 0 Å². The van der Waals surface area contributed by atoms with Gasteiger partial charge in [-0.25, -0.2) is 9.59 Å². The van der Waals surface area contributed by atoms with Crippen molar-refractivity contribution in [3.8, 4) is 0 Å². The van der Waals surface area contributed by atoms with Gasteiger partial charge >= 0.3 is 12.0 Å². The second kappa shape index (κ2) is 6.43. The molecule has 2 rings (SSSR count). The summed E-state index contributed by atoms with van der Waals surface area (Å²) in [5, 5.41) is 14.8. The average molecular weight is 283 g/mol. The molecule has 0 aromatic carbocycles. The molecular weight excluding hydrogens is 258 g/mol. The topological polar surface area (TPSA) is 81.7 Å². The first-order valence-corrected chi connectivity index (χ1v) is 7.50. The number of likely N-dealkylation sites (tertiary alicyclic amines) is 1. The Bertz CT molecular complexity index is 367. The minimum absolute atomic E-state index is 0.345. The summed E-state index contributed by atoms with van der Waals surface area (Å²) < 4.78 is 0. The van der Waals surface area contributed by atoms with Crippen molar-refractivity contribution in [3.63, 3.8) is 0 Å². The van der Waals surface area contributed by atoms with E-state index in [1.807, 2.05) is 0 Å². The van der Waals surface area contributed by atoms with E-state index in [-0.39, 0.29) is 6.03 Å². The second-order valence-electron chi connectivity index (χ2n) is 6.20. The van der Waals surface area contributed by atoms with E-state index in [9.17, 15) is 14.7 Å². The highest BCUT2D eigenvalue weighted by Crippen LogP contribution is 2.29. The van der Waals surface area contributed by atoms with E-state index in [1.54, 1.807) is 0 Å². The van der Waals surface area contributed by atoms with Gasteiger partial charge in [0.05, 0.1) is 0 Å². The number of carboxylic acids is 1. The first-order valence-electron chi connectivity index (χ1n) is 7.50. The van der Waals surface area contributed by atoms with Crippen LogP contribution in [0.25, 0.3) is 0 Å². The molecule has 0 radical (unpaired) electrons. The Balaban J connectivity index is 1.78. The van der Waals surface area contributed by atoms with Crippen molar-refractivity contribution in [1.82, 2.24) is 15.5 Å². The number of amides is 2. The number of carboxylic acid groups (broad SMARTS) is 1. The summed E-state index contributed by atoms with van der Waals surface area (Å²) in [4.78, 5) is 25.6. The lowest BCUT2D eigenvalue weighted by Crippen LogP contribution is -2.56. The Morgan fingerprint density at radius 3 is 2.60 bits per heavy atom. The number of carbonyl (C=O) groups is 2. The molecule has 1 atom stereocenters. The largest absolute Gasteiger partial charge is 0.480 e. The van der Waals surface area contributed by atoms with Gasteiger partial charge in [0.25, 0.3) is 0 Å². The van der Waals surface area contributed by atoms with Crippen LogP contribution in [0.5, 0.6) is 0 Å². The number of aliphatic carboxylic acids is 1. The molecule has 1 heterocycles. The summed E-state index contributed by atoms with van der Waals surface area (Å²) in [6.07, 6.45) is 5.06. The summed E-state index contributed by atoms with van der Waals surface area (Å²) in [6.45, 7) is 2.72. The number of hydrogen-bond acceptors (Lipinski definition) is 3. The van der Waals surface area contributed by atoms with Crippen LogP contribution in [0, 0.1) is 5.92 Å². The molecule has 6 nitrogen and oxygen atoms in total. The van der Waals surface area contributed by atoms with Gasteiger partial charge in [0.2, 0.25) is 0 Å². The fourth-order valence-electron chi connectivity index (χ4n) is 3.31. The third-order valence-corrected chi connectivity index (χ3v) is 4.49. The smallest absolute Gasteiger partial charge is 0.329 e. The third kappa shape index (κ3) is 3.62. The van der Waals surface area contributed by atoms with Crippen LogP contribution in [0.3, 0.4) is 0 Å². The maximum absolute atomic E-state index is 11.9. The number of nitrogens with one attached hydrogen (secondary N) is 2. The quantitative estimate of drug-likeness (QED) is 0.719. The summed E-state index contributed by atoms with van der Waals surface area (Å²) in [5.41, 5.74) is -1.05. The Morgan fingerprint density at radius 2 is 2.00 bits per heavy atom. The SMILES string of the molecule is CN1CCCC(CNC(=O)NC2(C(=O)O)CCCC2)C1. The van der Waals surface area contributed by atoms with Gasteiger partial charge in [0.1, 0.15) is 5.54 Å². The molecule has 114 valence electrons. The number of urea groups is 1. The van der Waals surface area contributed by atoms with E-state index in [0.29, 0.717) is 25.3 Å². The van der Waals surface area contributed by atoms with Crippen molar-refractivity contribution in [3.05, 3.63) is 0 Å². The van der Waals surface area contributed by atoms with E-state index >= 15 is 0 Å². The van der Waals surface area contributed by atoms with Gasteiger partial charge < -0.3 is 20.6 Å². The van der Waals surface area contributed by atoms with Crippen molar-refractivity contribution in [2.75, 3.05) is 26.7 Å². The molecule has 0 aromatic heterocycles. The lowest BCUT2D eigenvalue weighted by molar-refractivity contribution is -0.144. The lowest BCUT2D eigenvalue weighted by atomic mass is 9.97. The van der Waals surface area contributed by atoms with E-state index < -0.39 is 11.5 Å². The zero-order valence-electron chi connectivity index (χ0n) is 12.2. The van der Waals surface area contributed by atoms with Crippen molar-refractivity contribution < 1.29 is 14.7 Å². The van der Waals surface area contributed by atoms with E-state index in [2.05, 4.69) is 22.6 Å². The van der Waals surface area contributed by atoms with Gasteiger partial charge in [0, 0.05) is 13.1 Å². The Labute approximate surface area is 119 Å². The predicted octanol–water partition coefficient (Wildman–Crippen LogP) is 1.02. The van der Waals surface area contributed by atoms with E-state index in [4.69, 9.17) is 0 Å². The molecule has 0 bridgehead atoms. The highest BCUT2D eigenvalue weighted by molar-refractivity contribution is 5.86. The minimum atomic E-state index is -1.05. The van der Waals surface area contributed by atoms with Crippen molar-refractivity contribution in [2.45, 2.75) is 44.1 Å². The highest BCUT2D eigenvalue weighted by Gasteiger charge is 2.42. The first kappa shape index (κ1) is 15.1. The molecule has 1 saturated heterocycles. The molecule has 0 spiro atoms. The summed E-state index contributed by atoms with van der Waals surface area (Å²) >= 11 is 0. The second-order valence-corrected chi connectivity index (χ2v) is 6.20. The van der Waals surface area contributed by atoms with Crippen LogP contribution in [-0.2, 0) is 4.79 Å². The molecule has 1 saturated carbocycles. The molecule has 0 aromatic rings. The van der Waals surface area contributed by atoms with Gasteiger partial charge in [0.15, 0.2) is 0 Å². The van der Waals surface area contributed by atoms with Gasteiger partial charge in [-0.05, 0) is 45.2 Å². The molecule has 2 fully saturated rings. The van der Waals surface area contributed by atoms with Crippen LogP contribution in [0.1, 0.15) is 38.5 Å². The van der Waals surface area contributed by atoms with Crippen LogP contribution in [0.2, 0.25) is 0 Å². The molecule has 1 aliphatic heterocycles. The fourth-order valence-corrected chi connectivity index (χ4v) is 3.31. The van der Waals surface area contributed by atoms with Crippen molar-refractivity contribution in [2.24, 2.45) is 5.92 Å². The van der Waals surface area contributed by atoms with Gasteiger partial charge in [-0.1, -0.05) is 12.8 Å². The van der Waals surface area contributed by atoms with Crippen molar-refractivity contribution in [1.29, 1.82) is 0 Å². The number of carbonyl (C=O) groups excluding carboxylic acids is 1. The van der Waals surface area contributed by atoms with Crippen LogP contribution in [-0.4, -0.2) is 54.2 Å². The molecule has 3 N–H and O–H groups in total. The van der Waals surface area contributed by atoms with Crippen molar-refractivity contribution >= 4 is 12.0 Å². The first-order chi connectivity index (χ1) is 9.52. The summed E-state index contributed by atoms with van der Waals surface area (Å²) in [6, 6.07) is -0.345. The highest BCUT2D eigenvalue weighted by atomic mass is 16.4. The predicted molar refractivity (Wildman–Crippen MR) is 75.6 cm³/mol. The number of piperidine rings is 1. The third-order valence-electron chi connectivity index (χ3n) is 4.49. The summed E-state index contributed by atoms with van der Waals surface area (Å²) in [5.74, 6) is -0.452. The standard InChI is InChI=1S/C14H25N3O3/c1-17-8-4-5-11(10-17)9-15-13(20)16-14(12(18)19)6-2-3-7-14/h11H,2-10H2,1H3,(H,18,19)(H2,15,16,20). The monoisotopic (exact) mass is 283 g/mol. The van der Waals surface area contributed by atoms with Crippen LogP contribution in [0.15, 0.2) is 0 Å². The van der Waals surface area contributed by atoms with Gasteiger partial charge in [-0.3, -0.25) is 0 Å². The number of nitrogens with zero attached hydrogens (tertiary/aromatic N) is 1. The van der Waals surface area contributed by atoms with Crippen LogP contribution >= 0.6 is 0 Å². The van der Waals surface area contributed by atoms with Gasteiger partial charge in [-0.2, -0.15) is 0 Å². The van der Waals surface area contributed by atoms with Crippen LogP contribution in [0.4, 0.5) is 4.79 Å². The average Bonchev–Trinajstić information content (AvgIpc) is 2.86. The molecule has 1 aliphatic carbocycles. The number of hydrogen-bond donors (Lipinski definition) is 3.